The molecule has 0 aliphatic rings. The highest BCUT2D eigenvalue weighted by atomic mass is 32.2. The molecule has 0 spiro atoms. The van der Waals surface area contributed by atoms with Crippen molar-refractivity contribution < 1.29 is 48.4 Å². The Morgan fingerprint density at radius 3 is 2.17 bits per heavy atom. The lowest BCUT2D eigenvalue weighted by molar-refractivity contribution is -0.232. The second kappa shape index (κ2) is 15.9. The topological polar surface area (TPSA) is 164 Å². The Bertz CT molecular complexity index is 484. The van der Waals surface area contributed by atoms with E-state index in [0.29, 0.717) is 6.29 Å². The van der Waals surface area contributed by atoms with Crippen LogP contribution in [0.4, 0.5) is 0 Å². The number of hydrogen-bond donors (Lipinski definition) is 5. The van der Waals surface area contributed by atoms with Crippen LogP contribution in [-0.4, -0.2) is 108 Å². The monoisotopic (exact) mass is 457 g/mol. The SMILES string of the molecule is CSOC(C)C(C=O)OC(OC[C@H](NC(C)=O)C(C)OC(CO)C(C)O)[C@@H](O)CO. The number of aliphatic hydroxyl groups is 4. The van der Waals surface area contributed by atoms with Crippen molar-refractivity contribution in [2.45, 2.75) is 76.7 Å². The molecule has 0 aromatic carbocycles. The maximum absolute atomic E-state index is 11.6. The molecule has 0 saturated heterocycles. The quantitative estimate of drug-likeness (QED) is 0.0991. The Balaban J connectivity index is 5.23. The lowest BCUT2D eigenvalue weighted by Gasteiger charge is -2.32. The molecule has 0 radical (unpaired) electrons. The van der Waals surface area contributed by atoms with E-state index in [1.54, 1.807) is 20.1 Å². The number of ether oxygens (including phenoxy) is 3. The van der Waals surface area contributed by atoms with Gasteiger partial charge < -0.3 is 48.9 Å². The van der Waals surface area contributed by atoms with Crippen LogP contribution in [0.5, 0.6) is 0 Å². The first-order chi connectivity index (χ1) is 14.1. The average Bonchev–Trinajstić information content (AvgIpc) is 2.69. The van der Waals surface area contributed by atoms with Crippen molar-refractivity contribution in [1.82, 2.24) is 5.32 Å². The standard InChI is InChI=1S/C18H35NO10S/c1-10(23)16(7-21)27-11(2)14(19-13(4)24)9-26-18(15(25)6-20)28-17(8-22)12(3)29-30-5/h8,10-12,14-18,20-21,23,25H,6-7,9H2,1-5H3,(H,19,24)/t10?,11?,12?,14-,15-,16?,17?,18?/m0/s1. The molecule has 5 N–H and O–H groups in total. The van der Waals surface area contributed by atoms with Crippen LogP contribution in [0.15, 0.2) is 0 Å². The molecule has 8 atom stereocenters. The van der Waals surface area contributed by atoms with Gasteiger partial charge in [0.1, 0.15) is 24.4 Å². The molecule has 30 heavy (non-hydrogen) atoms. The van der Waals surface area contributed by atoms with Gasteiger partial charge in [-0.25, -0.2) is 0 Å². The summed E-state index contributed by atoms with van der Waals surface area (Å²) in [6, 6.07) is -0.748. The van der Waals surface area contributed by atoms with E-state index in [1.807, 2.05) is 0 Å². The van der Waals surface area contributed by atoms with E-state index in [2.05, 4.69) is 5.32 Å². The predicted molar refractivity (Wildman–Crippen MR) is 109 cm³/mol. The molecule has 0 rings (SSSR count). The Morgan fingerprint density at radius 1 is 1.10 bits per heavy atom. The van der Waals surface area contributed by atoms with Crippen LogP contribution >= 0.6 is 12.0 Å². The molecular formula is C18H35NO10S. The third kappa shape index (κ3) is 11.0. The van der Waals surface area contributed by atoms with Gasteiger partial charge in [0.2, 0.25) is 5.91 Å². The van der Waals surface area contributed by atoms with Gasteiger partial charge in [0.05, 0.1) is 38.1 Å². The summed E-state index contributed by atoms with van der Waals surface area (Å²) in [6.45, 7) is 4.60. The summed E-state index contributed by atoms with van der Waals surface area (Å²) in [4.78, 5) is 22.9. The van der Waals surface area contributed by atoms with Gasteiger partial charge in [-0.05, 0) is 32.8 Å². The second-order valence-corrected chi connectivity index (χ2v) is 7.29. The van der Waals surface area contributed by atoms with E-state index in [4.69, 9.17) is 18.4 Å². The molecule has 0 aromatic heterocycles. The first-order valence-electron chi connectivity index (χ1n) is 9.53. The number of nitrogens with one attached hydrogen (secondary N) is 1. The van der Waals surface area contributed by atoms with Gasteiger partial charge in [0, 0.05) is 13.2 Å². The third-order valence-corrected chi connectivity index (χ3v) is 4.64. The smallest absolute Gasteiger partial charge is 0.217 e. The first-order valence-corrected chi connectivity index (χ1v) is 10.7. The number of carbonyl (C=O) groups is 2. The fourth-order valence-corrected chi connectivity index (χ4v) is 2.79. The van der Waals surface area contributed by atoms with Gasteiger partial charge in [-0.2, -0.15) is 0 Å². The zero-order valence-electron chi connectivity index (χ0n) is 18.0. The average molecular weight is 458 g/mol. The van der Waals surface area contributed by atoms with E-state index in [9.17, 15) is 30.0 Å². The Kier molecular flexibility index (Phi) is 15.5. The maximum Gasteiger partial charge on any atom is 0.217 e. The molecular weight excluding hydrogens is 422 g/mol. The number of aldehydes is 1. The summed E-state index contributed by atoms with van der Waals surface area (Å²) in [5.41, 5.74) is 0. The molecule has 0 bridgehead atoms. The van der Waals surface area contributed by atoms with E-state index in [-0.39, 0.29) is 12.5 Å². The molecule has 0 aromatic rings. The number of amides is 1. The fraction of sp³-hybridized carbons (Fsp3) is 0.889. The van der Waals surface area contributed by atoms with E-state index >= 15 is 0 Å². The number of hydrogen-bond acceptors (Lipinski definition) is 11. The maximum atomic E-state index is 11.6. The summed E-state index contributed by atoms with van der Waals surface area (Å²) in [7, 11) is 0. The number of aliphatic hydroxyl groups excluding tert-OH is 4. The lowest BCUT2D eigenvalue weighted by atomic mass is 10.1. The second-order valence-electron chi connectivity index (χ2n) is 6.77. The van der Waals surface area contributed by atoms with Crippen molar-refractivity contribution in [3.8, 4) is 0 Å². The lowest BCUT2D eigenvalue weighted by Crippen LogP contribution is -2.50. The number of carbonyl (C=O) groups excluding carboxylic acids is 2. The van der Waals surface area contributed by atoms with Crippen molar-refractivity contribution in [1.29, 1.82) is 0 Å². The van der Waals surface area contributed by atoms with Gasteiger partial charge in [0.25, 0.3) is 0 Å². The van der Waals surface area contributed by atoms with E-state index < -0.39 is 62.2 Å². The Hall–Kier alpha value is -0.830. The Morgan fingerprint density at radius 2 is 1.73 bits per heavy atom. The molecule has 0 saturated carbocycles. The summed E-state index contributed by atoms with van der Waals surface area (Å²) in [6.07, 6.45) is -4.96. The van der Waals surface area contributed by atoms with Crippen LogP contribution in [0.3, 0.4) is 0 Å². The third-order valence-electron chi connectivity index (χ3n) is 4.14. The molecule has 0 aliphatic carbocycles. The van der Waals surface area contributed by atoms with Gasteiger partial charge in [-0.1, -0.05) is 0 Å². The molecule has 178 valence electrons. The molecule has 11 nitrogen and oxygen atoms in total. The van der Waals surface area contributed by atoms with Crippen LogP contribution < -0.4 is 5.32 Å². The largest absolute Gasteiger partial charge is 0.394 e. The summed E-state index contributed by atoms with van der Waals surface area (Å²) < 4.78 is 21.8. The van der Waals surface area contributed by atoms with Crippen LogP contribution in [0, 0.1) is 0 Å². The van der Waals surface area contributed by atoms with Crippen molar-refractivity contribution in [3.63, 3.8) is 0 Å². The Labute approximate surface area is 181 Å². The highest BCUT2D eigenvalue weighted by molar-refractivity contribution is 7.93. The van der Waals surface area contributed by atoms with Crippen LogP contribution in [0.2, 0.25) is 0 Å². The minimum absolute atomic E-state index is 0.218. The van der Waals surface area contributed by atoms with E-state index in [0.717, 1.165) is 12.0 Å². The number of rotatable bonds is 17. The predicted octanol–water partition coefficient (Wildman–Crippen LogP) is -1.40. The molecule has 0 heterocycles. The molecule has 0 aliphatic heterocycles. The summed E-state index contributed by atoms with van der Waals surface area (Å²) in [5, 5.41) is 40.9. The van der Waals surface area contributed by atoms with Crippen LogP contribution in [0.1, 0.15) is 27.7 Å². The zero-order chi connectivity index (χ0) is 23.3. The van der Waals surface area contributed by atoms with Crippen molar-refractivity contribution in [2.75, 3.05) is 26.1 Å². The molecule has 0 fully saturated rings. The van der Waals surface area contributed by atoms with Crippen LogP contribution in [-0.2, 0) is 28.0 Å². The van der Waals surface area contributed by atoms with Gasteiger partial charge >= 0.3 is 0 Å². The first kappa shape index (κ1) is 29.2. The van der Waals surface area contributed by atoms with Gasteiger partial charge in [-0.15, -0.1) is 0 Å². The summed E-state index contributed by atoms with van der Waals surface area (Å²) in [5.74, 6) is -0.385. The minimum atomic E-state index is -1.47. The normalized spacial score (nSPS) is 19.8. The zero-order valence-corrected chi connectivity index (χ0v) is 18.8. The van der Waals surface area contributed by atoms with E-state index in [1.165, 1.54) is 13.8 Å². The highest BCUT2D eigenvalue weighted by Crippen LogP contribution is 2.15. The molecule has 6 unspecified atom stereocenters. The fourth-order valence-electron chi connectivity index (χ4n) is 2.38. The minimum Gasteiger partial charge on any atom is -0.394 e. The highest BCUT2D eigenvalue weighted by Gasteiger charge is 2.31. The molecule has 1 amide bonds. The van der Waals surface area contributed by atoms with Gasteiger partial charge in [0.15, 0.2) is 12.6 Å². The van der Waals surface area contributed by atoms with Gasteiger partial charge in [-0.3, -0.25) is 4.79 Å². The van der Waals surface area contributed by atoms with Crippen molar-refractivity contribution in [3.05, 3.63) is 0 Å². The molecule has 12 heteroatoms. The van der Waals surface area contributed by atoms with Crippen molar-refractivity contribution in [2.24, 2.45) is 0 Å². The van der Waals surface area contributed by atoms with Crippen LogP contribution in [0.25, 0.3) is 0 Å². The summed E-state index contributed by atoms with van der Waals surface area (Å²) >= 11 is 1.04. The van der Waals surface area contributed by atoms with Crippen molar-refractivity contribution >= 4 is 24.2 Å².